The summed E-state index contributed by atoms with van der Waals surface area (Å²) in [7, 11) is 0. The number of nitrogens with one attached hydrogen (secondary N) is 1. The Balaban J connectivity index is 2.09. The predicted octanol–water partition coefficient (Wildman–Crippen LogP) is 2.76. The quantitative estimate of drug-likeness (QED) is 0.897. The number of nitrogens with zero attached hydrogens (tertiary/aromatic N) is 1. The van der Waals surface area contributed by atoms with Gasteiger partial charge in [-0.2, -0.15) is 0 Å². The standard InChI is InChI=1S/C17H25N3O2/c1-3-6-13-7-4-5-8-15(13)19-17(22)20-11-14(16(18)21)10-9-12(20)2/h4-5,7-8,12,14H,3,6,9-11H2,1-2H3,(H2,18,21)(H,19,22)/t12-,14-/m0/s1. The Labute approximate surface area is 131 Å². The Morgan fingerprint density at radius 2 is 2.05 bits per heavy atom. The third kappa shape index (κ3) is 3.78. The number of hydrogen-bond donors (Lipinski definition) is 2. The number of likely N-dealkylation sites (tertiary alicyclic amines) is 1. The summed E-state index contributed by atoms with van der Waals surface area (Å²) in [6.45, 7) is 4.52. The van der Waals surface area contributed by atoms with Gasteiger partial charge in [0.2, 0.25) is 5.91 Å². The maximum Gasteiger partial charge on any atom is 0.322 e. The number of primary amides is 1. The van der Waals surface area contributed by atoms with E-state index in [9.17, 15) is 9.59 Å². The van der Waals surface area contributed by atoms with E-state index in [0.29, 0.717) is 6.54 Å². The number of carbonyl (C=O) groups excluding carboxylic acids is 2. The molecule has 0 aromatic heterocycles. The van der Waals surface area contributed by atoms with E-state index in [1.807, 2.05) is 31.2 Å². The molecule has 0 saturated carbocycles. The van der Waals surface area contributed by atoms with Gasteiger partial charge in [0.05, 0.1) is 5.92 Å². The summed E-state index contributed by atoms with van der Waals surface area (Å²) in [6, 6.07) is 7.82. The number of urea groups is 1. The second kappa shape index (κ2) is 7.29. The lowest BCUT2D eigenvalue weighted by Gasteiger charge is -2.36. The molecule has 0 aliphatic carbocycles. The number of piperidine rings is 1. The van der Waals surface area contributed by atoms with E-state index in [-0.39, 0.29) is 23.9 Å². The molecule has 1 aromatic rings. The van der Waals surface area contributed by atoms with Gasteiger partial charge >= 0.3 is 6.03 Å². The lowest BCUT2D eigenvalue weighted by Crippen LogP contribution is -2.50. The Morgan fingerprint density at radius 1 is 1.32 bits per heavy atom. The number of aryl methyl sites for hydroxylation is 1. The summed E-state index contributed by atoms with van der Waals surface area (Å²) < 4.78 is 0. The number of hydrogen-bond acceptors (Lipinski definition) is 2. The Kier molecular flexibility index (Phi) is 5.41. The van der Waals surface area contributed by atoms with Crippen LogP contribution in [-0.4, -0.2) is 29.4 Å². The van der Waals surface area contributed by atoms with Crippen molar-refractivity contribution in [2.75, 3.05) is 11.9 Å². The zero-order valence-electron chi connectivity index (χ0n) is 13.3. The molecule has 1 heterocycles. The van der Waals surface area contributed by atoms with Crippen molar-refractivity contribution in [2.45, 2.75) is 45.6 Å². The molecule has 1 aliphatic heterocycles. The molecule has 0 bridgehead atoms. The largest absolute Gasteiger partial charge is 0.369 e. The third-order valence-corrected chi connectivity index (χ3v) is 4.32. The van der Waals surface area contributed by atoms with Crippen LogP contribution in [0.2, 0.25) is 0 Å². The number of anilines is 1. The fraction of sp³-hybridized carbons (Fsp3) is 0.529. The van der Waals surface area contributed by atoms with E-state index >= 15 is 0 Å². The molecule has 2 atom stereocenters. The smallest absolute Gasteiger partial charge is 0.322 e. The molecule has 1 aromatic carbocycles. The zero-order valence-corrected chi connectivity index (χ0v) is 13.3. The second-order valence-corrected chi connectivity index (χ2v) is 6.02. The van der Waals surface area contributed by atoms with Gasteiger partial charge in [-0.25, -0.2) is 4.79 Å². The van der Waals surface area contributed by atoms with E-state index in [4.69, 9.17) is 5.73 Å². The minimum atomic E-state index is -0.323. The Morgan fingerprint density at radius 3 is 2.73 bits per heavy atom. The number of benzene rings is 1. The predicted molar refractivity (Wildman–Crippen MR) is 87.5 cm³/mol. The molecular weight excluding hydrogens is 278 g/mol. The first-order valence-corrected chi connectivity index (χ1v) is 7.97. The van der Waals surface area contributed by atoms with Gasteiger partial charge < -0.3 is 16.0 Å². The highest BCUT2D eigenvalue weighted by molar-refractivity contribution is 5.91. The summed E-state index contributed by atoms with van der Waals surface area (Å²) in [4.78, 5) is 25.7. The van der Waals surface area contributed by atoms with Crippen molar-refractivity contribution in [1.82, 2.24) is 4.90 Å². The van der Waals surface area contributed by atoms with Gasteiger partial charge in [-0.15, -0.1) is 0 Å². The molecule has 5 nitrogen and oxygen atoms in total. The van der Waals surface area contributed by atoms with Crippen LogP contribution in [0.25, 0.3) is 0 Å². The van der Waals surface area contributed by atoms with Crippen molar-refractivity contribution in [3.63, 3.8) is 0 Å². The highest BCUT2D eigenvalue weighted by atomic mass is 16.2. The fourth-order valence-electron chi connectivity index (χ4n) is 2.94. The number of rotatable bonds is 4. The van der Waals surface area contributed by atoms with Gasteiger partial charge in [-0.1, -0.05) is 31.5 Å². The van der Waals surface area contributed by atoms with Gasteiger partial charge in [-0.3, -0.25) is 4.79 Å². The number of para-hydroxylation sites is 1. The Hall–Kier alpha value is -2.04. The van der Waals surface area contributed by atoms with Crippen LogP contribution in [0.1, 0.15) is 38.7 Å². The van der Waals surface area contributed by atoms with Gasteiger partial charge in [0.25, 0.3) is 0 Å². The van der Waals surface area contributed by atoms with Gasteiger partial charge in [0.1, 0.15) is 0 Å². The van der Waals surface area contributed by atoms with Gasteiger partial charge in [0, 0.05) is 18.3 Å². The minimum absolute atomic E-state index is 0.119. The van der Waals surface area contributed by atoms with Gasteiger partial charge in [0.15, 0.2) is 0 Å². The number of amides is 3. The molecule has 2 rings (SSSR count). The van der Waals surface area contributed by atoms with E-state index in [1.165, 1.54) is 0 Å². The SMILES string of the molecule is CCCc1ccccc1NC(=O)N1C[C@@H](C(N)=O)CC[C@@H]1C. The molecule has 0 unspecified atom stereocenters. The highest BCUT2D eigenvalue weighted by Gasteiger charge is 2.31. The van der Waals surface area contributed by atoms with Crippen molar-refractivity contribution < 1.29 is 9.59 Å². The van der Waals surface area contributed by atoms with Crippen LogP contribution >= 0.6 is 0 Å². The maximum absolute atomic E-state index is 12.6. The van der Waals surface area contributed by atoms with Crippen LogP contribution in [0.3, 0.4) is 0 Å². The van der Waals surface area contributed by atoms with Crippen LogP contribution in [0.5, 0.6) is 0 Å². The highest BCUT2D eigenvalue weighted by Crippen LogP contribution is 2.24. The number of nitrogens with two attached hydrogens (primary N) is 1. The zero-order chi connectivity index (χ0) is 16.1. The molecule has 1 saturated heterocycles. The summed E-state index contributed by atoms with van der Waals surface area (Å²) in [5.41, 5.74) is 7.38. The van der Waals surface area contributed by atoms with Crippen molar-refractivity contribution in [2.24, 2.45) is 11.7 Å². The normalized spacial score (nSPS) is 21.5. The maximum atomic E-state index is 12.6. The minimum Gasteiger partial charge on any atom is -0.369 e. The van der Waals surface area contributed by atoms with Crippen molar-refractivity contribution in [3.8, 4) is 0 Å². The average Bonchev–Trinajstić information content (AvgIpc) is 2.49. The monoisotopic (exact) mass is 303 g/mol. The summed E-state index contributed by atoms with van der Waals surface area (Å²) >= 11 is 0. The molecule has 0 radical (unpaired) electrons. The Bertz CT molecular complexity index is 544. The fourth-order valence-corrected chi connectivity index (χ4v) is 2.94. The lowest BCUT2D eigenvalue weighted by molar-refractivity contribution is -0.123. The van der Waals surface area contributed by atoms with Gasteiger partial charge in [-0.05, 0) is 37.8 Å². The first-order chi connectivity index (χ1) is 10.5. The van der Waals surface area contributed by atoms with Crippen molar-refractivity contribution in [3.05, 3.63) is 29.8 Å². The topological polar surface area (TPSA) is 75.4 Å². The third-order valence-electron chi connectivity index (χ3n) is 4.32. The van der Waals surface area contributed by atoms with Crippen LogP contribution < -0.4 is 11.1 Å². The first-order valence-electron chi connectivity index (χ1n) is 7.97. The molecule has 120 valence electrons. The van der Waals surface area contributed by atoms with Crippen molar-refractivity contribution >= 4 is 17.6 Å². The lowest BCUT2D eigenvalue weighted by atomic mass is 9.93. The van der Waals surface area contributed by atoms with Crippen LogP contribution in [0.4, 0.5) is 10.5 Å². The summed E-state index contributed by atoms with van der Waals surface area (Å²) in [5, 5.41) is 2.99. The molecule has 1 aliphatic rings. The molecule has 1 fully saturated rings. The molecule has 3 N–H and O–H groups in total. The summed E-state index contributed by atoms with van der Waals surface area (Å²) in [6.07, 6.45) is 3.51. The average molecular weight is 303 g/mol. The molecule has 22 heavy (non-hydrogen) atoms. The molecule has 5 heteroatoms. The van der Waals surface area contributed by atoms with E-state index in [2.05, 4.69) is 12.2 Å². The molecule has 0 spiro atoms. The molecular formula is C17H25N3O2. The van der Waals surface area contributed by atoms with E-state index < -0.39 is 0 Å². The first kappa shape index (κ1) is 16.3. The van der Waals surface area contributed by atoms with E-state index in [1.54, 1.807) is 4.90 Å². The number of carbonyl (C=O) groups is 2. The second-order valence-electron chi connectivity index (χ2n) is 6.02. The van der Waals surface area contributed by atoms with Crippen LogP contribution in [0.15, 0.2) is 24.3 Å². The summed E-state index contributed by atoms with van der Waals surface area (Å²) in [5.74, 6) is -0.566. The van der Waals surface area contributed by atoms with Crippen molar-refractivity contribution in [1.29, 1.82) is 0 Å². The van der Waals surface area contributed by atoms with E-state index in [0.717, 1.165) is 36.9 Å². The van der Waals surface area contributed by atoms with Crippen LogP contribution in [0, 0.1) is 5.92 Å². The van der Waals surface area contributed by atoms with Crippen LogP contribution in [-0.2, 0) is 11.2 Å². The molecule has 3 amide bonds.